The van der Waals surface area contributed by atoms with Crippen LogP contribution in [0.5, 0.6) is 0 Å². The van der Waals surface area contributed by atoms with Crippen molar-refractivity contribution in [1.82, 2.24) is 10.6 Å². The summed E-state index contributed by atoms with van der Waals surface area (Å²) in [4.78, 5) is 11.0. The van der Waals surface area contributed by atoms with E-state index < -0.39 is 0 Å². The molecule has 1 aliphatic rings. The maximum Gasteiger partial charge on any atom is 0.221 e. The lowest BCUT2D eigenvalue weighted by Gasteiger charge is -2.13. The van der Waals surface area contributed by atoms with Gasteiger partial charge >= 0.3 is 0 Å². The molecule has 0 saturated carbocycles. The third kappa shape index (κ3) is 3.05. The Labute approximate surface area is 114 Å². The first-order valence-corrected chi connectivity index (χ1v) is 6.34. The number of benzene rings is 1. The van der Waals surface area contributed by atoms with E-state index in [1.54, 1.807) is 12.1 Å². The first-order chi connectivity index (χ1) is 8.08. The summed E-state index contributed by atoms with van der Waals surface area (Å²) in [6.07, 6.45) is 0.482. The standard InChI is InChI=1S/C11H11Cl3N2O/c12-8-1-2-9(13)11(14)7(8)5-15-6-3-10(17)16-4-6/h1-2,6,15H,3-5H2,(H,16,17). The molecule has 0 aromatic heterocycles. The van der Waals surface area contributed by atoms with Crippen LogP contribution in [0.25, 0.3) is 0 Å². The highest BCUT2D eigenvalue weighted by Crippen LogP contribution is 2.31. The fraction of sp³-hybridized carbons (Fsp3) is 0.364. The largest absolute Gasteiger partial charge is 0.354 e. The van der Waals surface area contributed by atoms with Crippen LogP contribution < -0.4 is 10.6 Å². The molecule has 17 heavy (non-hydrogen) atoms. The molecular weight excluding hydrogens is 282 g/mol. The molecule has 0 radical (unpaired) electrons. The first-order valence-electron chi connectivity index (χ1n) is 5.20. The SMILES string of the molecule is O=C1CC(NCc2c(Cl)ccc(Cl)c2Cl)CN1. The third-order valence-corrected chi connectivity index (χ3v) is 3.88. The molecular formula is C11H11Cl3N2O. The Morgan fingerprint density at radius 3 is 2.65 bits per heavy atom. The summed E-state index contributed by atoms with van der Waals surface area (Å²) < 4.78 is 0. The second-order valence-electron chi connectivity index (χ2n) is 3.91. The van der Waals surface area contributed by atoms with E-state index in [9.17, 15) is 4.79 Å². The van der Waals surface area contributed by atoms with Gasteiger partial charge in [-0.25, -0.2) is 0 Å². The predicted octanol–water partition coefficient (Wildman–Crippen LogP) is 2.62. The normalized spacial score (nSPS) is 19.5. The fourth-order valence-electron chi connectivity index (χ4n) is 1.73. The summed E-state index contributed by atoms with van der Waals surface area (Å²) in [6.45, 7) is 1.13. The Morgan fingerprint density at radius 1 is 1.29 bits per heavy atom. The minimum atomic E-state index is 0.0609. The third-order valence-electron chi connectivity index (χ3n) is 2.68. The van der Waals surface area contributed by atoms with E-state index in [0.717, 1.165) is 5.56 Å². The molecule has 1 aromatic rings. The quantitative estimate of drug-likeness (QED) is 0.841. The van der Waals surface area contributed by atoms with E-state index >= 15 is 0 Å². The average molecular weight is 294 g/mol. The molecule has 1 aliphatic heterocycles. The lowest BCUT2D eigenvalue weighted by molar-refractivity contribution is -0.119. The molecule has 1 heterocycles. The Morgan fingerprint density at radius 2 is 2.00 bits per heavy atom. The van der Waals surface area contributed by atoms with E-state index in [4.69, 9.17) is 34.8 Å². The molecule has 0 aliphatic carbocycles. The van der Waals surface area contributed by atoms with E-state index in [-0.39, 0.29) is 11.9 Å². The van der Waals surface area contributed by atoms with Gasteiger partial charge in [0.1, 0.15) is 0 Å². The zero-order valence-electron chi connectivity index (χ0n) is 8.90. The smallest absolute Gasteiger partial charge is 0.221 e. The van der Waals surface area contributed by atoms with Crippen molar-refractivity contribution in [3.63, 3.8) is 0 Å². The van der Waals surface area contributed by atoms with Gasteiger partial charge in [0, 0.05) is 36.1 Å². The van der Waals surface area contributed by atoms with Gasteiger partial charge < -0.3 is 10.6 Å². The van der Waals surface area contributed by atoms with Crippen LogP contribution in [0.1, 0.15) is 12.0 Å². The number of amides is 1. The molecule has 0 bridgehead atoms. The molecule has 1 saturated heterocycles. The van der Waals surface area contributed by atoms with Crippen LogP contribution >= 0.6 is 34.8 Å². The van der Waals surface area contributed by atoms with Crippen LogP contribution in [-0.2, 0) is 11.3 Å². The molecule has 3 nitrogen and oxygen atoms in total. The zero-order valence-corrected chi connectivity index (χ0v) is 11.2. The molecule has 0 spiro atoms. The van der Waals surface area contributed by atoms with Crippen molar-refractivity contribution < 1.29 is 4.79 Å². The Hall–Kier alpha value is -0.480. The van der Waals surface area contributed by atoms with Crippen molar-refractivity contribution in [3.8, 4) is 0 Å². The molecule has 1 unspecified atom stereocenters. The Kier molecular flexibility index (Phi) is 4.15. The lowest BCUT2D eigenvalue weighted by atomic mass is 10.2. The highest BCUT2D eigenvalue weighted by Gasteiger charge is 2.21. The molecule has 1 fully saturated rings. The number of hydrogen-bond donors (Lipinski definition) is 2. The number of nitrogens with one attached hydrogen (secondary N) is 2. The molecule has 1 aromatic carbocycles. The number of carbonyl (C=O) groups excluding carboxylic acids is 1. The monoisotopic (exact) mass is 292 g/mol. The molecule has 2 rings (SSSR count). The van der Waals surface area contributed by atoms with Crippen LogP contribution in [0.15, 0.2) is 12.1 Å². The molecule has 1 atom stereocenters. The number of rotatable bonds is 3. The molecule has 1 amide bonds. The van der Waals surface area contributed by atoms with E-state index in [1.165, 1.54) is 0 Å². The number of carbonyl (C=O) groups is 1. The summed E-state index contributed by atoms with van der Waals surface area (Å²) >= 11 is 18.0. The average Bonchev–Trinajstić information content (AvgIpc) is 2.70. The summed E-state index contributed by atoms with van der Waals surface area (Å²) in [5.41, 5.74) is 0.764. The van der Waals surface area contributed by atoms with Crippen LogP contribution in [0.2, 0.25) is 15.1 Å². The van der Waals surface area contributed by atoms with E-state index in [2.05, 4.69) is 10.6 Å². The van der Waals surface area contributed by atoms with Crippen LogP contribution in [0.3, 0.4) is 0 Å². The maximum atomic E-state index is 11.0. The Bertz CT molecular complexity index is 451. The van der Waals surface area contributed by atoms with Crippen molar-refractivity contribution in [1.29, 1.82) is 0 Å². The highest BCUT2D eigenvalue weighted by molar-refractivity contribution is 6.44. The van der Waals surface area contributed by atoms with Crippen LogP contribution in [-0.4, -0.2) is 18.5 Å². The van der Waals surface area contributed by atoms with Crippen LogP contribution in [0, 0.1) is 0 Å². The van der Waals surface area contributed by atoms with Gasteiger partial charge in [0.25, 0.3) is 0 Å². The summed E-state index contributed by atoms with van der Waals surface area (Å²) in [5.74, 6) is 0.0609. The van der Waals surface area contributed by atoms with Crippen LogP contribution in [0.4, 0.5) is 0 Å². The molecule has 92 valence electrons. The van der Waals surface area contributed by atoms with Crippen molar-refractivity contribution in [2.24, 2.45) is 0 Å². The van der Waals surface area contributed by atoms with E-state index in [1.807, 2.05) is 0 Å². The van der Waals surface area contributed by atoms with Crippen molar-refractivity contribution in [2.75, 3.05) is 6.54 Å². The predicted molar refractivity (Wildman–Crippen MR) is 69.7 cm³/mol. The summed E-state index contributed by atoms with van der Waals surface area (Å²) in [6, 6.07) is 3.50. The topological polar surface area (TPSA) is 41.1 Å². The van der Waals surface area contributed by atoms with Gasteiger partial charge in [0.15, 0.2) is 0 Å². The summed E-state index contributed by atoms with van der Waals surface area (Å²) in [7, 11) is 0. The van der Waals surface area contributed by atoms with E-state index in [0.29, 0.717) is 34.6 Å². The van der Waals surface area contributed by atoms with Gasteiger partial charge in [-0.05, 0) is 12.1 Å². The molecule has 6 heteroatoms. The van der Waals surface area contributed by atoms with Crippen molar-refractivity contribution >= 4 is 40.7 Å². The summed E-state index contributed by atoms with van der Waals surface area (Å²) in [5, 5.41) is 7.49. The second kappa shape index (κ2) is 5.44. The van der Waals surface area contributed by atoms with Gasteiger partial charge in [0.05, 0.1) is 10.0 Å². The second-order valence-corrected chi connectivity index (χ2v) is 5.10. The minimum Gasteiger partial charge on any atom is -0.354 e. The molecule has 2 N–H and O–H groups in total. The maximum absolute atomic E-state index is 11.0. The van der Waals surface area contributed by atoms with Crippen molar-refractivity contribution in [2.45, 2.75) is 19.0 Å². The van der Waals surface area contributed by atoms with Gasteiger partial charge in [-0.15, -0.1) is 0 Å². The zero-order chi connectivity index (χ0) is 12.4. The fourth-order valence-corrected chi connectivity index (χ4v) is 2.41. The lowest BCUT2D eigenvalue weighted by Crippen LogP contribution is -2.30. The van der Waals surface area contributed by atoms with Gasteiger partial charge in [-0.2, -0.15) is 0 Å². The Balaban J connectivity index is 2.04. The van der Waals surface area contributed by atoms with Gasteiger partial charge in [-0.3, -0.25) is 4.79 Å². The number of hydrogen-bond acceptors (Lipinski definition) is 2. The highest BCUT2D eigenvalue weighted by atomic mass is 35.5. The van der Waals surface area contributed by atoms with Crippen molar-refractivity contribution in [3.05, 3.63) is 32.8 Å². The minimum absolute atomic E-state index is 0.0609. The number of halogens is 3. The first kappa shape index (κ1) is 13.0. The van der Waals surface area contributed by atoms with Gasteiger partial charge in [-0.1, -0.05) is 34.8 Å². The van der Waals surface area contributed by atoms with Gasteiger partial charge in [0.2, 0.25) is 5.91 Å².